The van der Waals surface area contributed by atoms with Crippen LogP contribution in [-0.2, 0) is 0 Å². The number of phenols is 1. The molecule has 19 heavy (non-hydrogen) atoms. The Bertz CT molecular complexity index is 354. The van der Waals surface area contributed by atoms with Gasteiger partial charge in [0.1, 0.15) is 5.75 Å². The second-order valence-electron chi connectivity index (χ2n) is 5.26. The predicted molar refractivity (Wildman–Crippen MR) is 84.4 cm³/mol. The first-order valence-corrected chi connectivity index (χ1v) is 7.78. The topological polar surface area (TPSA) is 20.2 Å². The van der Waals surface area contributed by atoms with Gasteiger partial charge in [0.15, 0.2) is 0 Å². The molecule has 0 aromatic heterocycles. The van der Waals surface area contributed by atoms with Gasteiger partial charge in [0, 0.05) is 0 Å². The highest BCUT2D eigenvalue weighted by molar-refractivity contribution is 5.51. The van der Waals surface area contributed by atoms with Crippen molar-refractivity contribution in [3.05, 3.63) is 35.9 Å². The monoisotopic (exact) mass is 260 g/mol. The zero-order valence-corrected chi connectivity index (χ0v) is 12.3. The van der Waals surface area contributed by atoms with E-state index in [2.05, 4.69) is 19.1 Å². The van der Waals surface area contributed by atoms with E-state index in [9.17, 15) is 5.11 Å². The summed E-state index contributed by atoms with van der Waals surface area (Å²) in [6.07, 6.45) is 16.4. The molecule has 1 aromatic rings. The summed E-state index contributed by atoms with van der Waals surface area (Å²) in [7, 11) is 0. The summed E-state index contributed by atoms with van der Waals surface area (Å²) in [5.74, 6) is 0.342. The van der Waals surface area contributed by atoms with Crippen molar-refractivity contribution in [3.63, 3.8) is 0 Å². The number of hydrogen-bond acceptors (Lipinski definition) is 1. The summed E-state index contributed by atoms with van der Waals surface area (Å²) in [4.78, 5) is 0. The van der Waals surface area contributed by atoms with E-state index in [0.29, 0.717) is 5.75 Å². The number of allylic oxidation sites excluding steroid dienone is 1. The van der Waals surface area contributed by atoms with Crippen molar-refractivity contribution in [1.82, 2.24) is 0 Å². The normalized spacial score (nSPS) is 11.2. The van der Waals surface area contributed by atoms with Gasteiger partial charge >= 0.3 is 0 Å². The molecule has 1 N–H and O–H groups in total. The van der Waals surface area contributed by atoms with Crippen LogP contribution in [-0.4, -0.2) is 5.11 Å². The maximum atomic E-state index is 9.34. The molecule has 0 saturated heterocycles. The van der Waals surface area contributed by atoms with Crippen molar-refractivity contribution in [2.75, 3.05) is 0 Å². The zero-order chi connectivity index (χ0) is 13.8. The van der Waals surface area contributed by atoms with E-state index >= 15 is 0 Å². The Morgan fingerprint density at radius 2 is 1.63 bits per heavy atom. The zero-order valence-electron chi connectivity index (χ0n) is 12.3. The third kappa shape index (κ3) is 8.47. The molecule has 0 bridgehead atoms. The molecule has 0 spiro atoms. The van der Waals surface area contributed by atoms with Crippen molar-refractivity contribution in [1.29, 1.82) is 0 Å². The van der Waals surface area contributed by atoms with Gasteiger partial charge in [-0.1, -0.05) is 76.2 Å². The Labute approximate surface area is 118 Å². The van der Waals surface area contributed by atoms with E-state index in [1.165, 1.54) is 51.4 Å². The molecule has 0 saturated carbocycles. The minimum atomic E-state index is 0.342. The highest BCUT2D eigenvalue weighted by Crippen LogP contribution is 2.13. The van der Waals surface area contributed by atoms with E-state index in [1.54, 1.807) is 12.1 Å². The highest BCUT2D eigenvalue weighted by Gasteiger charge is 1.91. The summed E-state index contributed by atoms with van der Waals surface area (Å²) in [6, 6.07) is 7.40. The second-order valence-corrected chi connectivity index (χ2v) is 5.26. The molecule has 0 aliphatic rings. The van der Waals surface area contributed by atoms with Gasteiger partial charge in [-0.05, 0) is 30.5 Å². The van der Waals surface area contributed by atoms with Crippen LogP contribution >= 0.6 is 0 Å². The number of unbranched alkanes of at least 4 members (excludes halogenated alkanes) is 8. The Balaban J connectivity index is 1.99. The third-order valence-corrected chi connectivity index (χ3v) is 3.40. The molecule has 1 rings (SSSR count). The largest absolute Gasteiger partial charge is 0.508 e. The summed E-state index contributed by atoms with van der Waals surface area (Å²) < 4.78 is 0. The molecule has 0 aliphatic heterocycles. The van der Waals surface area contributed by atoms with Crippen molar-refractivity contribution in [2.24, 2.45) is 0 Å². The van der Waals surface area contributed by atoms with Crippen molar-refractivity contribution >= 4 is 6.08 Å². The minimum Gasteiger partial charge on any atom is -0.508 e. The maximum Gasteiger partial charge on any atom is 0.116 e. The number of phenolic OH excluding ortho intramolecular Hbond substituents is 1. The molecule has 1 aromatic carbocycles. The number of benzene rings is 1. The Morgan fingerprint density at radius 1 is 0.947 bits per heavy atom. The predicted octanol–water partition coefficient (Wildman–Crippen LogP) is 5.94. The van der Waals surface area contributed by atoms with Crippen LogP contribution < -0.4 is 0 Å². The van der Waals surface area contributed by atoms with E-state index in [4.69, 9.17) is 0 Å². The molecule has 0 fully saturated rings. The maximum absolute atomic E-state index is 9.34. The highest BCUT2D eigenvalue weighted by atomic mass is 16.3. The lowest BCUT2D eigenvalue weighted by atomic mass is 10.1. The van der Waals surface area contributed by atoms with Crippen LogP contribution in [0, 0.1) is 0 Å². The molecule has 106 valence electrons. The van der Waals surface area contributed by atoms with Gasteiger partial charge in [-0.25, -0.2) is 0 Å². The molecule has 0 heterocycles. The van der Waals surface area contributed by atoms with Gasteiger partial charge in [0.25, 0.3) is 0 Å². The molecular weight excluding hydrogens is 232 g/mol. The molecule has 0 atom stereocenters. The lowest BCUT2D eigenvalue weighted by Gasteiger charge is -2.00. The van der Waals surface area contributed by atoms with Crippen LogP contribution in [0.2, 0.25) is 0 Å². The van der Waals surface area contributed by atoms with Gasteiger partial charge in [-0.3, -0.25) is 0 Å². The van der Waals surface area contributed by atoms with E-state index in [0.717, 1.165) is 12.0 Å². The number of hydrogen-bond donors (Lipinski definition) is 1. The standard InChI is InChI=1S/C18H28O/c1-2-3-4-5-6-7-8-9-10-11-13-17-14-12-15-18(19)16-17/h11-16,19H,2-10H2,1H3. The van der Waals surface area contributed by atoms with Crippen LogP contribution in [0.25, 0.3) is 6.08 Å². The Morgan fingerprint density at radius 3 is 2.32 bits per heavy atom. The van der Waals surface area contributed by atoms with Crippen LogP contribution in [0.1, 0.15) is 70.3 Å². The van der Waals surface area contributed by atoms with E-state index < -0.39 is 0 Å². The molecular formula is C18H28O. The van der Waals surface area contributed by atoms with E-state index in [1.807, 2.05) is 12.1 Å². The van der Waals surface area contributed by atoms with Gasteiger partial charge in [-0.2, -0.15) is 0 Å². The van der Waals surface area contributed by atoms with Crippen molar-refractivity contribution in [2.45, 2.75) is 64.7 Å². The van der Waals surface area contributed by atoms with Gasteiger partial charge in [-0.15, -0.1) is 0 Å². The average molecular weight is 260 g/mol. The molecule has 1 nitrogen and oxygen atoms in total. The summed E-state index contributed by atoms with van der Waals surface area (Å²) in [5.41, 5.74) is 1.08. The fraction of sp³-hybridized carbons (Fsp3) is 0.556. The summed E-state index contributed by atoms with van der Waals surface area (Å²) in [6.45, 7) is 2.26. The third-order valence-electron chi connectivity index (χ3n) is 3.40. The lowest BCUT2D eigenvalue weighted by molar-refractivity contribution is 0.475. The van der Waals surface area contributed by atoms with Crippen LogP contribution in [0.4, 0.5) is 0 Å². The second kappa shape index (κ2) is 10.7. The van der Waals surface area contributed by atoms with Crippen LogP contribution in [0.5, 0.6) is 5.75 Å². The van der Waals surface area contributed by atoms with Gasteiger partial charge in [0.05, 0.1) is 0 Å². The minimum absolute atomic E-state index is 0.342. The quantitative estimate of drug-likeness (QED) is 0.516. The number of rotatable bonds is 10. The Hall–Kier alpha value is -1.24. The van der Waals surface area contributed by atoms with Crippen molar-refractivity contribution < 1.29 is 5.11 Å². The molecule has 0 radical (unpaired) electrons. The van der Waals surface area contributed by atoms with Crippen LogP contribution in [0.15, 0.2) is 30.3 Å². The summed E-state index contributed by atoms with van der Waals surface area (Å²) >= 11 is 0. The van der Waals surface area contributed by atoms with Gasteiger partial charge < -0.3 is 5.11 Å². The first kappa shape index (κ1) is 15.8. The first-order chi connectivity index (χ1) is 9.33. The first-order valence-electron chi connectivity index (χ1n) is 7.78. The molecule has 0 amide bonds. The average Bonchev–Trinajstić information content (AvgIpc) is 2.41. The fourth-order valence-electron chi connectivity index (χ4n) is 2.24. The SMILES string of the molecule is CCCCCCCCCCC=Cc1cccc(O)c1. The molecule has 0 unspecified atom stereocenters. The summed E-state index contributed by atoms with van der Waals surface area (Å²) in [5, 5.41) is 9.34. The Kier molecular flexibility index (Phi) is 8.87. The van der Waals surface area contributed by atoms with Crippen LogP contribution in [0.3, 0.4) is 0 Å². The van der Waals surface area contributed by atoms with Crippen molar-refractivity contribution in [3.8, 4) is 5.75 Å². The molecule has 0 aliphatic carbocycles. The van der Waals surface area contributed by atoms with E-state index in [-0.39, 0.29) is 0 Å². The fourth-order valence-corrected chi connectivity index (χ4v) is 2.24. The molecule has 1 heteroatoms. The lowest BCUT2D eigenvalue weighted by Crippen LogP contribution is -1.80. The smallest absolute Gasteiger partial charge is 0.116 e. The number of aromatic hydroxyl groups is 1. The van der Waals surface area contributed by atoms with Gasteiger partial charge in [0.2, 0.25) is 0 Å².